The minimum absolute atomic E-state index is 0.0511. The number of aryl methyl sites for hydroxylation is 1. The highest BCUT2D eigenvalue weighted by Gasteiger charge is 2.21. The van der Waals surface area contributed by atoms with Crippen LogP contribution in [-0.4, -0.2) is 20.4 Å². The minimum atomic E-state index is -3.64. The molecular formula is C22H28N2O3S. The number of sulfonamides is 1. The van der Waals surface area contributed by atoms with Gasteiger partial charge >= 0.3 is 0 Å². The molecule has 28 heavy (non-hydrogen) atoms. The number of hydrogen-bond donors (Lipinski definition) is 2. The van der Waals surface area contributed by atoms with Crippen LogP contribution in [-0.2, 0) is 27.7 Å². The summed E-state index contributed by atoms with van der Waals surface area (Å²) in [6, 6.07) is 12.8. The Hall–Kier alpha value is -2.34. The van der Waals surface area contributed by atoms with Crippen molar-refractivity contribution in [1.82, 2.24) is 5.32 Å². The lowest BCUT2D eigenvalue weighted by Crippen LogP contribution is -2.38. The van der Waals surface area contributed by atoms with Crippen molar-refractivity contribution in [1.29, 1.82) is 0 Å². The number of carbonyl (C=O) groups is 1. The SMILES string of the molecule is CCC(=O)NC1CCc2ccc(NS(=O)(=O)c3ccc(C(C)C)cc3)cc2C1. The Bertz CT molecular complexity index is 950. The molecule has 0 heterocycles. The first-order chi connectivity index (χ1) is 13.3. The molecule has 0 fully saturated rings. The van der Waals surface area contributed by atoms with Gasteiger partial charge in [-0.05, 0) is 66.1 Å². The molecular weight excluding hydrogens is 372 g/mol. The summed E-state index contributed by atoms with van der Waals surface area (Å²) >= 11 is 0. The fourth-order valence-corrected chi connectivity index (χ4v) is 4.57. The van der Waals surface area contributed by atoms with Gasteiger partial charge in [-0.3, -0.25) is 9.52 Å². The third-order valence-electron chi connectivity index (χ3n) is 5.23. The van der Waals surface area contributed by atoms with E-state index in [9.17, 15) is 13.2 Å². The summed E-state index contributed by atoms with van der Waals surface area (Å²) in [4.78, 5) is 11.9. The molecule has 0 radical (unpaired) electrons. The molecule has 150 valence electrons. The smallest absolute Gasteiger partial charge is 0.261 e. The molecule has 0 bridgehead atoms. The van der Waals surface area contributed by atoms with Gasteiger partial charge in [0.05, 0.1) is 4.90 Å². The molecule has 0 aliphatic heterocycles. The van der Waals surface area contributed by atoms with E-state index in [0.29, 0.717) is 18.0 Å². The first-order valence-corrected chi connectivity index (χ1v) is 11.3. The lowest BCUT2D eigenvalue weighted by molar-refractivity contribution is -0.121. The second-order valence-corrected chi connectivity index (χ2v) is 9.36. The van der Waals surface area contributed by atoms with Gasteiger partial charge in [0, 0.05) is 18.2 Å². The molecule has 1 unspecified atom stereocenters. The molecule has 2 N–H and O–H groups in total. The minimum Gasteiger partial charge on any atom is -0.353 e. The van der Waals surface area contributed by atoms with E-state index in [2.05, 4.69) is 23.9 Å². The number of carbonyl (C=O) groups excluding carboxylic acids is 1. The predicted molar refractivity (Wildman–Crippen MR) is 112 cm³/mol. The maximum Gasteiger partial charge on any atom is 0.261 e. The zero-order chi connectivity index (χ0) is 20.3. The Morgan fingerprint density at radius 1 is 1.11 bits per heavy atom. The summed E-state index contributed by atoms with van der Waals surface area (Å²) in [5, 5.41) is 3.04. The third kappa shape index (κ3) is 4.73. The molecule has 1 amide bonds. The van der Waals surface area contributed by atoms with Crippen LogP contribution in [0.1, 0.15) is 56.2 Å². The maximum absolute atomic E-state index is 12.7. The highest BCUT2D eigenvalue weighted by Crippen LogP contribution is 2.26. The first-order valence-electron chi connectivity index (χ1n) is 9.82. The summed E-state index contributed by atoms with van der Waals surface area (Å²) in [7, 11) is -3.64. The van der Waals surface area contributed by atoms with E-state index in [4.69, 9.17) is 0 Å². The molecule has 0 aromatic heterocycles. The van der Waals surface area contributed by atoms with Crippen molar-refractivity contribution in [2.75, 3.05) is 4.72 Å². The van der Waals surface area contributed by atoms with Crippen molar-refractivity contribution in [2.24, 2.45) is 0 Å². The largest absolute Gasteiger partial charge is 0.353 e. The topological polar surface area (TPSA) is 75.3 Å². The van der Waals surface area contributed by atoms with Crippen LogP contribution in [0.3, 0.4) is 0 Å². The van der Waals surface area contributed by atoms with Crippen molar-refractivity contribution in [3.05, 3.63) is 59.2 Å². The van der Waals surface area contributed by atoms with Crippen molar-refractivity contribution in [2.45, 2.75) is 63.3 Å². The summed E-state index contributed by atoms with van der Waals surface area (Å²) < 4.78 is 28.1. The van der Waals surface area contributed by atoms with E-state index < -0.39 is 10.0 Å². The highest BCUT2D eigenvalue weighted by molar-refractivity contribution is 7.92. The lowest BCUT2D eigenvalue weighted by Gasteiger charge is -2.26. The molecule has 3 rings (SSSR count). The van der Waals surface area contributed by atoms with E-state index in [-0.39, 0.29) is 16.8 Å². The van der Waals surface area contributed by atoms with Crippen LogP contribution >= 0.6 is 0 Å². The zero-order valence-corrected chi connectivity index (χ0v) is 17.5. The molecule has 2 aromatic carbocycles. The summed E-state index contributed by atoms with van der Waals surface area (Å²) in [6.45, 7) is 5.99. The van der Waals surface area contributed by atoms with Crippen molar-refractivity contribution in [3.8, 4) is 0 Å². The van der Waals surface area contributed by atoms with Gasteiger partial charge in [0.25, 0.3) is 10.0 Å². The first kappa shape index (κ1) is 20.4. The van der Waals surface area contributed by atoms with Crippen molar-refractivity contribution < 1.29 is 13.2 Å². The van der Waals surface area contributed by atoms with Gasteiger partial charge in [0.15, 0.2) is 0 Å². The van der Waals surface area contributed by atoms with Gasteiger partial charge in [-0.2, -0.15) is 0 Å². The van der Waals surface area contributed by atoms with Crippen LogP contribution in [0.4, 0.5) is 5.69 Å². The van der Waals surface area contributed by atoms with Gasteiger partial charge < -0.3 is 5.32 Å². The number of hydrogen-bond acceptors (Lipinski definition) is 3. The van der Waals surface area contributed by atoms with Gasteiger partial charge in [-0.25, -0.2) is 8.42 Å². The second-order valence-electron chi connectivity index (χ2n) is 7.67. The van der Waals surface area contributed by atoms with Crippen LogP contribution in [0, 0.1) is 0 Å². The lowest BCUT2D eigenvalue weighted by atomic mass is 9.88. The fourth-order valence-electron chi connectivity index (χ4n) is 3.52. The van der Waals surface area contributed by atoms with E-state index in [1.807, 2.05) is 37.3 Å². The number of nitrogens with one attached hydrogen (secondary N) is 2. The second kappa shape index (κ2) is 8.35. The van der Waals surface area contributed by atoms with E-state index in [1.54, 1.807) is 12.1 Å². The number of amides is 1. The Balaban J connectivity index is 1.76. The number of benzene rings is 2. The molecule has 0 spiro atoms. The quantitative estimate of drug-likeness (QED) is 0.770. The Morgan fingerprint density at radius 3 is 2.46 bits per heavy atom. The average molecular weight is 401 g/mol. The van der Waals surface area contributed by atoms with Crippen LogP contribution < -0.4 is 10.0 Å². The summed E-state index contributed by atoms with van der Waals surface area (Å²) in [5.74, 6) is 0.404. The van der Waals surface area contributed by atoms with Crippen LogP contribution in [0.2, 0.25) is 0 Å². The van der Waals surface area contributed by atoms with Crippen LogP contribution in [0.5, 0.6) is 0 Å². The van der Waals surface area contributed by atoms with E-state index in [1.165, 1.54) is 5.56 Å². The predicted octanol–water partition coefficient (Wildman–Crippen LogP) is 3.99. The summed E-state index contributed by atoms with van der Waals surface area (Å²) in [5.41, 5.74) is 3.95. The normalized spacial score (nSPS) is 16.5. The molecule has 0 saturated carbocycles. The maximum atomic E-state index is 12.7. The number of fused-ring (bicyclic) bond motifs is 1. The van der Waals surface area contributed by atoms with E-state index >= 15 is 0 Å². The molecule has 0 saturated heterocycles. The van der Waals surface area contributed by atoms with Gasteiger partial charge in [-0.1, -0.05) is 39.0 Å². The molecule has 2 aromatic rings. The third-order valence-corrected chi connectivity index (χ3v) is 6.63. The standard InChI is InChI=1S/C22H28N2O3S/c1-4-22(25)23-19-9-5-17-6-10-20(14-18(17)13-19)24-28(26,27)21-11-7-16(8-12-21)15(2)3/h6-8,10-12,14-15,19,24H,4-5,9,13H2,1-3H3,(H,23,25). The fraction of sp³-hybridized carbons (Fsp3) is 0.409. The monoisotopic (exact) mass is 400 g/mol. The molecule has 5 nitrogen and oxygen atoms in total. The highest BCUT2D eigenvalue weighted by atomic mass is 32.2. The molecule has 1 aliphatic rings. The number of anilines is 1. The van der Waals surface area contributed by atoms with E-state index in [0.717, 1.165) is 30.4 Å². The van der Waals surface area contributed by atoms with Gasteiger partial charge in [-0.15, -0.1) is 0 Å². The zero-order valence-electron chi connectivity index (χ0n) is 16.7. The van der Waals surface area contributed by atoms with Crippen molar-refractivity contribution in [3.63, 3.8) is 0 Å². The Labute approximate surface area is 167 Å². The van der Waals surface area contributed by atoms with Crippen LogP contribution in [0.25, 0.3) is 0 Å². The summed E-state index contributed by atoms with van der Waals surface area (Å²) in [6.07, 6.45) is 2.98. The Morgan fingerprint density at radius 2 is 1.82 bits per heavy atom. The van der Waals surface area contributed by atoms with Gasteiger partial charge in [0.2, 0.25) is 5.91 Å². The number of rotatable bonds is 6. The Kier molecular flexibility index (Phi) is 6.08. The van der Waals surface area contributed by atoms with Crippen molar-refractivity contribution >= 4 is 21.6 Å². The molecule has 1 aliphatic carbocycles. The molecule has 1 atom stereocenters. The molecule has 6 heteroatoms. The van der Waals surface area contributed by atoms with Crippen LogP contribution in [0.15, 0.2) is 47.4 Å². The average Bonchev–Trinajstić information content (AvgIpc) is 2.67. The van der Waals surface area contributed by atoms with Gasteiger partial charge in [0.1, 0.15) is 0 Å².